The molecule has 0 aliphatic carbocycles. The van der Waals surface area contributed by atoms with Gasteiger partial charge in [0.25, 0.3) is 0 Å². The van der Waals surface area contributed by atoms with E-state index in [9.17, 15) is 13.2 Å². The number of nitrogens with one attached hydrogen (secondary N) is 1. The van der Waals surface area contributed by atoms with Crippen molar-refractivity contribution in [3.05, 3.63) is 0 Å². The first kappa shape index (κ1) is 10.4. The quantitative estimate of drug-likeness (QED) is 0.518. The van der Waals surface area contributed by atoms with Crippen LogP contribution >= 0.6 is 0 Å². The van der Waals surface area contributed by atoms with Crippen LogP contribution in [0.5, 0.6) is 0 Å². The van der Waals surface area contributed by atoms with E-state index in [2.05, 4.69) is 0 Å². The molecular weight excluding hydrogens is 170 g/mol. The van der Waals surface area contributed by atoms with Crippen LogP contribution in [0.4, 0.5) is 0 Å². The second-order valence-electron chi connectivity index (χ2n) is 2.31. The summed E-state index contributed by atoms with van der Waals surface area (Å²) in [5.41, 5.74) is 0. The molecule has 1 amide bonds. The minimum atomic E-state index is -3.29. The summed E-state index contributed by atoms with van der Waals surface area (Å²) in [6.07, 6.45) is -0.0570. The average molecular weight is 181 g/mol. The molecule has 0 aliphatic heterocycles. The maximum Gasteiger partial charge on any atom is 0.237 e. The van der Waals surface area contributed by atoms with Crippen LogP contribution in [-0.2, 0) is 14.6 Å². The van der Waals surface area contributed by atoms with Crippen LogP contribution in [0.2, 0.25) is 0 Å². The molecule has 0 aromatic rings. The summed E-state index contributed by atoms with van der Waals surface area (Å²) in [5.74, 6) is -1.28. The highest BCUT2D eigenvalue weighted by Crippen LogP contribution is 1.82. The summed E-state index contributed by atoms with van der Waals surface area (Å²) in [6, 6.07) is 0. The summed E-state index contributed by atoms with van der Waals surface area (Å²) in [4.78, 5) is 10.6. The lowest BCUT2D eigenvalue weighted by Gasteiger charge is -2.05. The number of sulfone groups is 1. The van der Waals surface area contributed by atoms with Crippen LogP contribution < -0.4 is 5.32 Å². The van der Waals surface area contributed by atoms with Crippen molar-refractivity contribution in [2.45, 2.75) is 13.2 Å². The molecule has 0 radical (unpaired) electrons. The molecule has 0 spiro atoms. The normalized spacial score (nSPS) is 14.1. The van der Waals surface area contributed by atoms with Crippen LogP contribution in [0.3, 0.4) is 0 Å². The van der Waals surface area contributed by atoms with Gasteiger partial charge in [0.1, 0.15) is 12.0 Å². The molecule has 6 heteroatoms. The van der Waals surface area contributed by atoms with E-state index in [-0.39, 0.29) is 0 Å². The largest absolute Gasteiger partial charge is 0.374 e. The third-order valence-corrected chi connectivity index (χ3v) is 1.55. The van der Waals surface area contributed by atoms with Crippen molar-refractivity contribution >= 4 is 15.7 Å². The molecule has 66 valence electrons. The Kier molecular flexibility index (Phi) is 3.47. The number of carbonyl (C=O) groups is 1. The van der Waals surface area contributed by atoms with E-state index in [1.807, 2.05) is 5.32 Å². The lowest BCUT2D eigenvalue weighted by Crippen LogP contribution is -2.36. The Balaban J connectivity index is 3.91. The average Bonchev–Trinajstić information content (AvgIpc) is 1.53. The van der Waals surface area contributed by atoms with Gasteiger partial charge >= 0.3 is 0 Å². The minimum Gasteiger partial charge on any atom is -0.374 e. The molecule has 0 rings (SSSR count). The Labute approximate surface area is 65.3 Å². The maximum absolute atomic E-state index is 10.6. The van der Waals surface area contributed by atoms with Crippen LogP contribution in [0.15, 0.2) is 0 Å². The lowest BCUT2D eigenvalue weighted by atomic mass is 10.6. The first-order chi connectivity index (χ1) is 4.81. The fourth-order valence-electron chi connectivity index (χ4n) is 0.513. The summed E-state index contributed by atoms with van der Waals surface area (Å²) in [6.45, 7) is 1.33. The number of amides is 1. The second kappa shape index (κ2) is 3.68. The van der Waals surface area contributed by atoms with Gasteiger partial charge in [-0.3, -0.25) is 4.79 Å². The fraction of sp³-hybridized carbons (Fsp3) is 0.800. The molecule has 0 bridgehead atoms. The van der Waals surface area contributed by atoms with Gasteiger partial charge in [0.15, 0.2) is 9.84 Å². The summed E-state index contributed by atoms with van der Waals surface area (Å²) in [5, 5.41) is 10.6. The van der Waals surface area contributed by atoms with E-state index in [4.69, 9.17) is 5.11 Å². The maximum atomic E-state index is 10.6. The van der Waals surface area contributed by atoms with Gasteiger partial charge in [-0.05, 0) is 6.92 Å². The number of rotatable bonds is 3. The van der Waals surface area contributed by atoms with Crippen LogP contribution in [0.1, 0.15) is 6.92 Å². The Morgan fingerprint density at radius 3 is 2.36 bits per heavy atom. The third kappa shape index (κ3) is 7.27. The topological polar surface area (TPSA) is 83.5 Å². The summed E-state index contributed by atoms with van der Waals surface area (Å²) >= 11 is 0. The first-order valence-electron chi connectivity index (χ1n) is 2.96. The van der Waals surface area contributed by atoms with Crippen molar-refractivity contribution < 1.29 is 18.3 Å². The monoisotopic (exact) mass is 181 g/mol. The van der Waals surface area contributed by atoms with Crippen molar-refractivity contribution in [1.82, 2.24) is 5.32 Å². The number of aliphatic hydroxyl groups excluding tert-OH is 1. The van der Waals surface area contributed by atoms with Crippen molar-refractivity contribution in [1.29, 1.82) is 0 Å². The molecule has 0 aliphatic rings. The molecule has 0 aromatic carbocycles. The van der Waals surface area contributed by atoms with Crippen molar-refractivity contribution in [3.63, 3.8) is 0 Å². The molecule has 0 aromatic heterocycles. The molecule has 0 saturated carbocycles. The van der Waals surface area contributed by atoms with E-state index in [1.165, 1.54) is 6.92 Å². The van der Waals surface area contributed by atoms with E-state index >= 15 is 0 Å². The van der Waals surface area contributed by atoms with Crippen molar-refractivity contribution in [3.8, 4) is 0 Å². The Morgan fingerprint density at radius 1 is 1.64 bits per heavy atom. The fourth-order valence-corrected chi connectivity index (χ4v) is 1.07. The van der Waals surface area contributed by atoms with E-state index in [0.717, 1.165) is 6.26 Å². The van der Waals surface area contributed by atoms with E-state index < -0.39 is 27.7 Å². The Hall–Kier alpha value is -0.620. The molecule has 0 heterocycles. The summed E-state index contributed by atoms with van der Waals surface area (Å²) < 4.78 is 21.0. The standard InChI is InChI=1S/C5H11NO4S/c1-4(7)6-5(8)3-11(2,9)10/h4,7H,3H2,1-2H3,(H,6,8). The highest BCUT2D eigenvalue weighted by Gasteiger charge is 2.11. The van der Waals surface area contributed by atoms with Crippen LogP contribution in [0.25, 0.3) is 0 Å². The Morgan fingerprint density at radius 2 is 2.09 bits per heavy atom. The Bertz CT molecular complexity index is 231. The SMILES string of the molecule is CC(O)NC(=O)CS(C)(=O)=O. The highest BCUT2D eigenvalue weighted by atomic mass is 32.2. The minimum absolute atomic E-state index is 0.585. The van der Waals surface area contributed by atoms with Gasteiger partial charge in [-0.2, -0.15) is 0 Å². The van der Waals surface area contributed by atoms with Gasteiger partial charge in [-0.1, -0.05) is 0 Å². The molecule has 1 unspecified atom stereocenters. The van der Waals surface area contributed by atoms with Gasteiger partial charge < -0.3 is 10.4 Å². The zero-order chi connectivity index (χ0) is 9.07. The third-order valence-electron chi connectivity index (χ3n) is 0.763. The van der Waals surface area contributed by atoms with Gasteiger partial charge in [0, 0.05) is 6.26 Å². The smallest absolute Gasteiger partial charge is 0.237 e. The lowest BCUT2D eigenvalue weighted by molar-refractivity contribution is -0.121. The van der Waals surface area contributed by atoms with Gasteiger partial charge in [-0.15, -0.1) is 0 Å². The summed E-state index contributed by atoms with van der Waals surface area (Å²) in [7, 11) is -3.29. The second-order valence-corrected chi connectivity index (χ2v) is 4.45. The van der Waals surface area contributed by atoms with E-state index in [0.29, 0.717) is 0 Å². The zero-order valence-corrected chi connectivity index (χ0v) is 7.18. The van der Waals surface area contributed by atoms with Gasteiger partial charge in [0.2, 0.25) is 5.91 Å². The van der Waals surface area contributed by atoms with Crippen molar-refractivity contribution in [2.75, 3.05) is 12.0 Å². The molecular formula is C5H11NO4S. The van der Waals surface area contributed by atoms with Crippen molar-refractivity contribution in [2.24, 2.45) is 0 Å². The molecule has 5 nitrogen and oxygen atoms in total. The van der Waals surface area contributed by atoms with Crippen LogP contribution in [0, 0.1) is 0 Å². The molecule has 0 saturated heterocycles. The molecule has 11 heavy (non-hydrogen) atoms. The van der Waals surface area contributed by atoms with Gasteiger partial charge in [-0.25, -0.2) is 8.42 Å². The zero-order valence-electron chi connectivity index (χ0n) is 6.36. The number of hydrogen-bond donors (Lipinski definition) is 2. The number of aliphatic hydroxyl groups is 1. The molecule has 0 fully saturated rings. The predicted molar refractivity (Wildman–Crippen MR) is 39.5 cm³/mol. The van der Waals surface area contributed by atoms with Gasteiger partial charge in [0.05, 0.1) is 0 Å². The first-order valence-corrected chi connectivity index (χ1v) is 5.02. The van der Waals surface area contributed by atoms with E-state index in [1.54, 1.807) is 0 Å². The van der Waals surface area contributed by atoms with Crippen LogP contribution in [-0.4, -0.2) is 37.7 Å². The number of carbonyl (C=O) groups excluding carboxylic acids is 1. The predicted octanol–water partition coefficient (Wildman–Crippen LogP) is -1.51. The number of hydrogen-bond acceptors (Lipinski definition) is 4. The molecule has 2 N–H and O–H groups in total. The molecule has 1 atom stereocenters. The highest BCUT2D eigenvalue weighted by molar-refractivity contribution is 7.91.